The molecule has 0 radical (unpaired) electrons. The molecule has 1 saturated carbocycles. The Morgan fingerprint density at radius 1 is 1.60 bits per heavy atom. The van der Waals surface area contributed by atoms with Crippen LogP contribution in [0.4, 0.5) is 8.78 Å². The van der Waals surface area contributed by atoms with E-state index < -0.39 is 12.0 Å². The van der Waals surface area contributed by atoms with E-state index in [0.29, 0.717) is 0 Å². The molecule has 1 unspecified atom stereocenters. The highest BCUT2D eigenvalue weighted by Crippen LogP contribution is 2.44. The van der Waals surface area contributed by atoms with E-state index in [1.54, 1.807) is 0 Å². The first-order valence-electron chi connectivity index (χ1n) is 3.23. The molecule has 10 heavy (non-hydrogen) atoms. The van der Waals surface area contributed by atoms with Gasteiger partial charge in [-0.2, -0.15) is 0 Å². The fourth-order valence-electron chi connectivity index (χ4n) is 1.14. The van der Waals surface area contributed by atoms with Crippen LogP contribution in [0.1, 0.15) is 12.8 Å². The van der Waals surface area contributed by atoms with Gasteiger partial charge in [0.05, 0.1) is 6.10 Å². The quantitative estimate of drug-likeness (QED) is 0.589. The minimum absolute atomic E-state index is 0.194. The fraction of sp³-hybridized carbons (Fsp3) is 0.714. The van der Waals surface area contributed by atoms with Crippen molar-refractivity contribution in [3.8, 4) is 0 Å². The molecule has 1 fully saturated rings. The SMILES string of the molecule is C=CC(O)C1CC(F)(F)C1. The van der Waals surface area contributed by atoms with Gasteiger partial charge in [0.1, 0.15) is 0 Å². The van der Waals surface area contributed by atoms with Crippen molar-refractivity contribution in [2.24, 2.45) is 5.92 Å². The number of halogens is 2. The summed E-state index contributed by atoms with van der Waals surface area (Å²) in [5, 5.41) is 8.96. The maximum absolute atomic E-state index is 12.1. The van der Waals surface area contributed by atoms with E-state index in [4.69, 9.17) is 5.11 Å². The summed E-state index contributed by atoms with van der Waals surface area (Å²) in [6.07, 6.45) is 0.167. The highest BCUT2D eigenvalue weighted by molar-refractivity contribution is 4.96. The summed E-state index contributed by atoms with van der Waals surface area (Å²) >= 11 is 0. The van der Waals surface area contributed by atoms with Crippen LogP contribution < -0.4 is 0 Å². The Kier molecular flexibility index (Phi) is 1.77. The Morgan fingerprint density at radius 2 is 2.10 bits per heavy atom. The third-order valence-corrected chi connectivity index (χ3v) is 1.85. The van der Waals surface area contributed by atoms with Gasteiger partial charge in [-0.3, -0.25) is 0 Å². The van der Waals surface area contributed by atoms with Crippen molar-refractivity contribution in [1.82, 2.24) is 0 Å². The van der Waals surface area contributed by atoms with E-state index in [9.17, 15) is 8.78 Å². The molecule has 1 atom stereocenters. The van der Waals surface area contributed by atoms with E-state index >= 15 is 0 Å². The summed E-state index contributed by atoms with van der Waals surface area (Å²) in [6.45, 7) is 3.32. The van der Waals surface area contributed by atoms with Gasteiger partial charge in [0.15, 0.2) is 0 Å². The van der Waals surface area contributed by atoms with Gasteiger partial charge in [-0.05, 0) is 5.92 Å². The average molecular weight is 148 g/mol. The minimum atomic E-state index is -2.53. The number of aliphatic hydroxyl groups is 1. The van der Waals surface area contributed by atoms with Gasteiger partial charge in [-0.15, -0.1) is 6.58 Å². The Hall–Kier alpha value is -0.440. The van der Waals surface area contributed by atoms with E-state index in [1.807, 2.05) is 0 Å². The van der Waals surface area contributed by atoms with Crippen molar-refractivity contribution in [2.45, 2.75) is 24.9 Å². The van der Waals surface area contributed by atoms with Gasteiger partial charge >= 0.3 is 0 Å². The summed E-state index contributed by atoms with van der Waals surface area (Å²) in [5.41, 5.74) is 0. The predicted molar refractivity (Wildman–Crippen MR) is 33.9 cm³/mol. The van der Waals surface area contributed by atoms with Crippen molar-refractivity contribution < 1.29 is 13.9 Å². The lowest BCUT2D eigenvalue weighted by Gasteiger charge is -2.36. The van der Waals surface area contributed by atoms with Crippen molar-refractivity contribution in [3.63, 3.8) is 0 Å². The van der Waals surface area contributed by atoms with Crippen LogP contribution in [0.2, 0.25) is 0 Å². The maximum atomic E-state index is 12.1. The van der Waals surface area contributed by atoms with Crippen LogP contribution in [0.3, 0.4) is 0 Å². The molecule has 1 rings (SSSR count). The van der Waals surface area contributed by atoms with Crippen LogP contribution in [0, 0.1) is 5.92 Å². The summed E-state index contributed by atoms with van der Waals surface area (Å²) in [4.78, 5) is 0. The predicted octanol–water partition coefficient (Wildman–Crippen LogP) is 1.58. The second kappa shape index (κ2) is 2.31. The van der Waals surface area contributed by atoms with E-state index in [0.717, 1.165) is 0 Å². The molecule has 0 spiro atoms. The number of hydrogen-bond donors (Lipinski definition) is 1. The zero-order chi connectivity index (χ0) is 7.78. The first-order valence-corrected chi connectivity index (χ1v) is 3.23. The standard InChI is InChI=1S/C7H10F2O/c1-2-6(10)5-3-7(8,9)4-5/h2,5-6,10H,1,3-4H2. The minimum Gasteiger partial charge on any atom is -0.389 e. The molecule has 1 aliphatic rings. The third-order valence-electron chi connectivity index (χ3n) is 1.85. The molecular weight excluding hydrogens is 138 g/mol. The van der Waals surface area contributed by atoms with Gasteiger partial charge < -0.3 is 5.11 Å². The average Bonchev–Trinajstić information content (AvgIpc) is 1.81. The van der Waals surface area contributed by atoms with Crippen LogP contribution in [0.5, 0.6) is 0 Å². The normalized spacial score (nSPS) is 27.1. The second-order valence-electron chi connectivity index (χ2n) is 2.75. The van der Waals surface area contributed by atoms with Gasteiger partial charge in [-0.25, -0.2) is 8.78 Å². The van der Waals surface area contributed by atoms with Crippen LogP contribution in [0.15, 0.2) is 12.7 Å². The van der Waals surface area contributed by atoms with Crippen LogP contribution in [0.25, 0.3) is 0 Å². The molecule has 1 N–H and O–H groups in total. The number of rotatable bonds is 2. The van der Waals surface area contributed by atoms with Gasteiger partial charge in [0, 0.05) is 12.8 Å². The molecule has 58 valence electrons. The molecule has 1 aliphatic carbocycles. The lowest BCUT2D eigenvalue weighted by molar-refractivity contribution is -0.133. The van der Waals surface area contributed by atoms with E-state index in [1.165, 1.54) is 6.08 Å². The zero-order valence-corrected chi connectivity index (χ0v) is 5.56. The van der Waals surface area contributed by atoms with Crippen molar-refractivity contribution >= 4 is 0 Å². The van der Waals surface area contributed by atoms with Crippen molar-refractivity contribution in [3.05, 3.63) is 12.7 Å². The Bertz CT molecular complexity index is 137. The third kappa shape index (κ3) is 1.34. The first kappa shape index (κ1) is 7.66. The molecule has 0 amide bonds. The summed E-state index contributed by atoms with van der Waals surface area (Å²) in [5.74, 6) is -2.80. The lowest BCUT2D eigenvalue weighted by atomic mass is 9.78. The van der Waals surface area contributed by atoms with Crippen molar-refractivity contribution in [1.29, 1.82) is 0 Å². The number of aliphatic hydroxyl groups excluding tert-OH is 1. The molecule has 0 aromatic rings. The molecule has 0 bridgehead atoms. The monoisotopic (exact) mass is 148 g/mol. The maximum Gasteiger partial charge on any atom is 0.248 e. The zero-order valence-electron chi connectivity index (χ0n) is 5.56. The fourth-order valence-corrected chi connectivity index (χ4v) is 1.14. The molecule has 1 nitrogen and oxygen atoms in total. The molecule has 0 aliphatic heterocycles. The summed E-state index contributed by atoms with van der Waals surface area (Å²) in [6, 6.07) is 0. The van der Waals surface area contributed by atoms with Gasteiger partial charge in [0.2, 0.25) is 5.92 Å². The van der Waals surface area contributed by atoms with Crippen LogP contribution in [-0.4, -0.2) is 17.1 Å². The molecule has 0 heterocycles. The summed E-state index contributed by atoms with van der Waals surface area (Å²) in [7, 11) is 0. The Labute approximate surface area is 58.4 Å². The van der Waals surface area contributed by atoms with Gasteiger partial charge in [0.25, 0.3) is 0 Å². The highest BCUT2D eigenvalue weighted by atomic mass is 19.3. The first-order chi connectivity index (χ1) is 4.55. The topological polar surface area (TPSA) is 20.2 Å². The summed E-state index contributed by atoms with van der Waals surface area (Å²) < 4.78 is 24.3. The molecule has 3 heteroatoms. The van der Waals surface area contributed by atoms with Crippen LogP contribution in [-0.2, 0) is 0 Å². The molecule has 0 saturated heterocycles. The Balaban J connectivity index is 2.32. The number of alkyl halides is 2. The van der Waals surface area contributed by atoms with E-state index in [2.05, 4.69) is 6.58 Å². The second-order valence-corrected chi connectivity index (χ2v) is 2.75. The largest absolute Gasteiger partial charge is 0.389 e. The van der Waals surface area contributed by atoms with Crippen LogP contribution >= 0.6 is 0 Å². The molecule has 0 aromatic carbocycles. The molecular formula is C7H10F2O. The number of hydrogen-bond acceptors (Lipinski definition) is 1. The smallest absolute Gasteiger partial charge is 0.248 e. The van der Waals surface area contributed by atoms with E-state index in [-0.39, 0.29) is 18.8 Å². The van der Waals surface area contributed by atoms with Crippen molar-refractivity contribution in [2.75, 3.05) is 0 Å². The lowest BCUT2D eigenvalue weighted by Crippen LogP contribution is -2.41. The van der Waals surface area contributed by atoms with Gasteiger partial charge in [-0.1, -0.05) is 6.08 Å². The molecule has 0 aromatic heterocycles. The Morgan fingerprint density at radius 3 is 2.40 bits per heavy atom. The highest BCUT2D eigenvalue weighted by Gasteiger charge is 2.47.